The van der Waals surface area contributed by atoms with E-state index in [1.807, 2.05) is 11.8 Å². The Morgan fingerprint density at radius 3 is 3.18 bits per heavy atom. The highest BCUT2D eigenvalue weighted by Gasteiger charge is 2.22. The molecule has 5 nitrogen and oxygen atoms in total. The summed E-state index contributed by atoms with van der Waals surface area (Å²) in [4.78, 5) is 12.0. The molecule has 1 aromatic rings. The molecule has 1 aromatic heterocycles. The molecule has 17 heavy (non-hydrogen) atoms. The Morgan fingerprint density at radius 1 is 1.71 bits per heavy atom. The standard InChI is InChI=1S/C11H18N4OS/c1-2-3-8-9(12)10(15-14-8)11(16)13-7-4-5-17-6-7/h7H,2-6,12H2,1H3,(H,13,16)(H,14,15). The van der Waals surface area contributed by atoms with Crippen molar-refractivity contribution in [1.29, 1.82) is 0 Å². The van der Waals surface area contributed by atoms with E-state index in [1.165, 1.54) is 0 Å². The van der Waals surface area contributed by atoms with Crippen LogP contribution in [0.5, 0.6) is 0 Å². The van der Waals surface area contributed by atoms with Gasteiger partial charge in [0.1, 0.15) is 0 Å². The molecule has 6 heteroatoms. The lowest BCUT2D eigenvalue weighted by Crippen LogP contribution is -2.35. The molecular weight excluding hydrogens is 236 g/mol. The fourth-order valence-corrected chi connectivity index (χ4v) is 3.05. The van der Waals surface area contributed by atoms with Crippen LogP contribution in [0.25, 0.3) is 0 Å². The van der Waals surface area contributed by atoms with Crippen LogP contribution in [0.2, 0.25) is 0 Å². The summed E-state index contributed by atoms with van der Waals surface area (Å²) >= 11 is 1.86. The number of aromatic nitrogens is 2. The van der Waals surface area contributed by atoms with Gasteiger partial charge in [-0.1, -0.05) is 13.3 Å². The smallest absolute Gasteiger partial charge is 0.274 e. The van der Waals surface area contributed by atoms with Gasteiger partial charge in [0.25, 0.3) is 5.91 Å². The number of hydrogen-bond donors (Lipinski definition) is 3. The third-order valence-electron chi connectivity index (χ3n) is 2.86. The van der Waals surface area contributed by atoms with Crippen molar-refractivity contribution in [2.75, 3.05) is 17.2 Å². The monoisotopic (exact) mass is 254 g/mol. The first-order valence-electron chi connectivity index (χ1n) is 5.93. The molecule has 1 saturated heterocycles. The molecule has 1 aliphatic heterocycles. The Kier molecular flexibility index (Phi) is 3.93. The predicted molar refractivity (Wildman–Crippen MR) is 70.2 cm³/mol. The highest BCUT2D eigenvalue weighted by Crippen LogP contribution is 2.19. The summed E-state index contributed by atoms with van der Waals surface area (Å²) in [6, 6.07) is 0.262. The first-order chi connectivity index (χ1) is 8.22. The summed E-state index contributed by atoms with van der Waals surface area (Å²) in [5.74, 6) is 1.94. The summed E-state index contributed by atoms with van der Waals surface area (Å²) in [6.07, 6.45) is 2.83. The predicted octanol–water partition coefficient (Wildman–Crippen LogP) is 1.18. The van der Waals surface area contributed by atoms with Crippen molar-refractivity contribution in [3.63, 3.8) is 0 Å². The van der Waals surface area contributed by atoms with E-state index in [4.69, 9.17) is 5.73 Å². The lowest BCUT2D eigenvalue weighted by atomic mass is 10.2. The number of carbonyl (C=O) groups excluding carboxylic acids is 1. The van der Waals surface area contributed by atoms with E-state index in [-0.39, 0.29) is 11.9 Å². The first-order valence-corrected chi connectivity index (χ1v) is 7.09. The van der Waals surface area contributed by atoms with Crippen LogP contribution < -0.4 is 11.1 Å². The first kappa shape index (κ1) is 12.3. The normalized spacial score (nSPS) is 19.5. The number of thioether (sulfide) groups is 1. The number of H-pyrrole nitrogens is 1. The van der Waals surface area contributed by atoms with Crippen molar-refractivity contribution in [2.45, 2.75) is 32.2 Å². The van der Waals surface area contributed by atoms with E-state index < -0.39 is 0 Å². The average Bonchev–Trinajstić information content (AvgIpc) is 2.91. The van der Waals surface area contributed by atoms with E-state index >= 15 is 0 Å². The van der Waals surface area contributed by atoms with Crippen LogP contribution in [-0.2, 0) is 6.42 Å². The minimum atomic E-state index is -0.159. The average molecular weight is 254 g/mol. The summed E-state index contributed by atoms with van der Waals surface area (Å²) in [5.41, 5.74) is 7.60. The molecule has 0 aromatic carbocycles. The fraction of sp³-hybridized carbons (Fsp3) is 0.636. The van der Waals surface area contributed by atoms with E-state index in [0.29, 0.717) is 11.4 Å². The molecule has 1 amide bonds. The van der Waals surface area contributed by atoms with Crippen LogP contribution in [0.15, 0.2) is 0 Å². The SMILES string of the molecule is CCCc1[nH]nc(C(=O)NC2CCSC2)c1N. The summed E-state index contributed by atoms with van der Waals surface area (Å²) < 4.78 is 0. The van der Waals surface area contributed by atoms with Gasteiger partial charge in [-0.2, -0.15) is 16.9 Å². The quantitative estimate of drug-likeness (QED) is 0.753. The zero-order chi connectivity index (χ0) is 12.3. The van der Waals surface area contributed by atoms with Crippen LogP contribution in [0.1, 0.15) is 35.9 Å². The minimum Gasteiger partial charge on any atom is -0.395 e. The maximum absolute atomic E-state index is 12.0. The molecular formula is C11H18N4OS. The molecule has 0 aliphatic carbocycles. The topological polar surface area (TPSA) is 83.8 Å². The number of nitrogens with two attached hydrogens (primary N) is 1. The van der Waals surface area contributed by atoms with E-state index in [0.717, 1.165) is 36.5 Å². The fourth-order valence-electron chi connectivity index (χ4n) is 1.90. The second-order valence-electron chi connectivity index (χ2n) is 4.25. The summed E-state index contributed by atoms with van der Waals surface area (Å²) in [5, 5.41) is 9.82. The van der Waals surface area contributed by atoms with Crippen molar-refractivity contribution in [1.82, 2.24) is 15.5 Å². The Bertz CT molecular complexity index is 398. The summed E-state index contributed by atoms with van der Waals surface area (Å²) in [7, 11) is 0. The molecule has 4 N–H and O–H groups in total. The van der Waals surface area contributed by atoms with Gasteiger partial charge in [-0.05, 0) is 18.6 Å². The van der Waals surface area contributed by atoms with Crippen molar-refractivity contribution in [3.05, 3.63) is 11.4 Å². The zero-order valence-corrected chi connectivity index (χ0v) is 10.8. The molecule has 1 aliphatic rings. The number of aryl methyl sites for hydroxylation is 1. The van der Waals surface area contributed by atoms with Gasteiger partial charge >= 0.3 is 0 Å². The van der Waals surface area contributed by atoms with Gasteiger partial charge in [-0.25, -0.2) is 0 Å². The number of rotatable bonds is 4. The van der Waals surface area contributed by atoms with Gasteiger partial charge in [0.05, 0.1) is 11.4 Å². The third-order valence-corrected chi connectivity index (χ3v) is 4.03. The molecule has 0 bridgehead atoms. The van der Waals surface area contributed by atoms with Gasteiger partial charge in [0.2, 0.25) is 0 Å². The molecule has 0 saturated carbocycles. The van der Waals surface area contributed by atoms with Crippen LogP contribution in [0, 0.1) is 0 Å². The molecule has 1 atom stereocenters. The maximum atomic E-state index is 12.0. The van der Waals surface area contributed by atoms with Gasteiger partial charge in [0.15, 0.2) is 5.69 Å². The van der Waals surface area contributed by atoms with Gasteiger partial charge in [-0.3, -0.25) is 9.89 Å². The minimum absolute atomic E-state index is 0.159. The molecule has 0 spiro atoms. The lowest BCUT2D eigenvalue weighted by Gasteiger charge is -2.09. The number of anilines is 1. The number of aromatic amines is 1. The number of hydrogen-bond acceptors (Lipinski definition) is 4. The third kappa shape index (κ3) is 2.74. The molecule has 2 rings (SSSR count). The number of nitrogens with one attached hydrogen (secondary N) is 2. The van der Waals surface area contributed by atoms with Crippen molar-refractivity contribution in [2.24, 2.45) is 0 Å². The second-order valence-corrected chi connectivity index (χ2v) is 5.40. The second kappa shape index (κ2) is 5.44. The van der Waals surface area contributed by atoms with Crippen LogP contribution >= 0.6 is 11.8 Å². The van der Waals surface area contributed by atoms with Gasteiger partial charge in [-0.15, -0.1) is 0 Å². The van der Waals surface area contributed by atoms with E-state index in [1.54, 1.807) is 0 Å². The number of nitrogens with zero attached hydrogens (tertiary/aromatic N) is 1. The van der Waals surface area contributed by atoms with Crippen molar-refractivity contribution < 1.29 is 4.79 Å². The van der Waals surface area contributed by atoms with Crippen LogP contribution in [0.4, 0.5) is 5.69 Å². The van der Waals surface area contributed by atoms with E-state index in [2.05, 4.69) is 22.4 Å². The number of amides is 1. The molecule has 2 heterocycles. The molecule has 1 fully saturated rings. The Labute approximate surface area is 105 Å². The Morgan fingerprint density at radius 2 is 2.53 bits per heavy atom. The van der Waals surface area contributed by atoms with Crippen molar-refractivity contribution in [3.8, 4) is 0 Å². The van der Waals surface area contributed by atoms with Crippen molar-refractivity contribution >= 4 is 23.4 Å². The zero-order valence-electron chi connectivity index (χ0n) is 9.95. The highest BCUT2D eigenvalue weighted by molar-refractivity contribution is 7.99. The van der Waals surface area contributed by atoms with Crippen LogP contribution in [-0.4, -0.2) is 33.7 Å². The van der Waals surface area contributed by atoms with Crippen LogP contribution in [0.3, 0.4) is 0 Å². The molecule has 1 unspecified atom stereocenters. The van der Waals surface area contributed by atoms with E-state index in [9.17, 15) is 4.79 Å². The summed E-state index contributed by atoms with van der Waals surface area (Å²) in [6.45, 7) is 2.07. The maximum Gasteiger partial charge on any atom is 0.274 e. The Balaban J connectivity index is 2.03. The molecule has 94 valence electrons. The van der Waals surface area contributed by atoms with Gasteiger partial charge in [0, 0.05) is 11.8 Å². The molecule has 0 radical (unpaired) electrons. The number of nitrogen functional groups attached to an aromatic ring is 1. The Hall–Kier alpha value is -1.17. The highest BCUT2D eigenvalue weighted by atomic mass is 32.2. The lowest BCUT2D eigenvalue weighted by molar-refractivity contribution is 0.0937. The number of carbonyl (C=O) groups is 1. The largest absolute Gasteiger partial charge is 0.395 e. The van der Waals surface area contributed by atoms with Gasteiger partial charge < -0.3 is 11.1 Å².